The van der Waals surface area contributed by atoms with E-state index in [2.05, 4.69) is 6.92 Å². The lowest BCUT2D eigenvalue weighted by Crippen LogP contribution is -2.27. The molecule has 0 bridgehead atoms. The number of rotatable bonds is 6. The lowest BCUT2D eigenvalue weighted by molar-refractivity contribution is -0.139. The van der Waals surface area contributed by atoms with Crippen molar-refractivity contribution < 1.29 is 9.53 Å². The molecule has 5 nitrogen and oxygen atoms in total. The molecule has 1 aromatic carbocycles. The van der Waals surface area contributed by atoms with Crippen LogP contribution in [0, 0.1) is 0 Å². The van der Waals surface area contributed by atoms with Gasteiger partial charge >= 0.3 is 5.97 Å². The summed E-state index contributed by atoms with van der Waals surface area (Å²) in [6, 6.07) is 10.1. The number of hydrogen-bond acceptors (Lipinski definition) is 6. The molecule has 0 saturated heterocycles. The summed E-state index contributed by atoms with van der Waals surface area (Å²) >= 11 is 2.88. The number of aryl methyl sites for hydroxylation is 1. The first-order chi connectivity index (χ1) is 12.5. The van der Waals surface area contributed by atoms with Crippen LogP contribution in [0.4, 0.5) is 0 Å². The predicted octanol–water partition coefficient (Wildman–Crippen LogP) is 3.18. The number of ether oxygens (including phenoxy) is 1. The number of benzene rings is 1. The Balaban J connectivity index is 1.93. The van der Waals surface area contributed by atoms with Gasteiger partial charge in [-0.15, -0.1) is 11.8 Å². The van der Waals surface area contributed by atoms with Crippen LogP contribution in [0.5, 0.6) is 0 Å². The fourth-order valence-corrected chi connectivity index (χ4v) is 4.97. The van der Waals surface area contributed by atoms with Crippen molar-refractivity contribution in [3.8, 4) is 0 Å². The van der Waals surface area contributed by atoms with E-state index in [4.69, 9.17) is 9.72 Å². The molecule has 0 spiro atoms. The van der Waals surface area contributed by atoms with Gasteiger partial charge in [0.2, 0.25) is 0 Å². The zero-order valence-corrected chi connectivity index (χ0v) is 16.7. The van der Waals surface area contributed by atoms with E-state index < -0.39 is 5.25 Å². The molecule has 0 N–H and O–H groups in total. The summed E-state index contributed by atoms with van der Waals surface area (Å²) in [5, 5.41) is 0.530. The Labute approximate surface area is 161 Å². The minimum atomic E-state index is -0.417. The van der Waals surface area contributed by atoms with Gasteiger partial charge in [0, 0.05) is 18.2 Å². The first-order valence-corrected chi connectivity index (χ1v) is 10.3. The van der Waals surface area contributed by atoms with Crippen LogP contribution in [0.25, 0.3) is 0 Å². The number of methoxy groups -OCH3 is 1. The molecule has 1 aliphatic heterocycles. The van der Waals surface area contributed by atoms with Crippen molar-refractivity contribution in [3.63, 3.8) is 0 Å². The number of esters is 1. The van der Waals surface area contributed by atoms with E-state index >= 15 is 0 Å². The molecule has 2 aromatic rings. The number of aromatic nitrogens is 2. The largest absolute Gasteiger partial charge is 0.468 e. The second-order valence-corrected chi connectivity index (χ2v) is 9.04. The van der Waals surface area contributed by atoms with Gasteiger partial charge in [0.25, 0.3) is 5.56 Å². The predicted molar refractivity (Wildman–Crippen MR) is 105 cm³/mol. The summed E-state index contributed by atoms with van der Waals surface area (Å²) in [4.78, 5) is 30.3. The number of carbonyl (C=O) groups is 1. The lowest BCUT2D eigenvalue weighted by Gasteiger charge is -2.15. The quantitative estimate of drug-likeness (QED) is 0.429. The van der Waals surface area contributed by atoms with Crippen LogP contribution in [-0.4, -0.2) is 33.1 Å². The van der Waals surface area contributed by atoms with Crippen LogP contribution in [0.15, 0.2) is 45.2 Å². The minimum Gasteiger partial charge on any atom is -0.468 e. The molecule has 26 heavy (non-hydrogen) atoms. The molecular weight excluding hydrogens is 368 g/mol. The van der Waals surface area contributed by atoms with Crippen molar-refractivity contribution in [2.24, 2.45) is 0 Å². The Morgan fingerprint density at radius 1 is 1.42 bits per heavy atom. The van der Waals surface area contributed by atoms with Gasteiger partial charge in [-0.05, 0) is 18.9 Å². The van der Waals surface area contributed by atoms with Gasteiger partial charge in [0.1, 0.15) is 5.25 Å². The highest BCUT2D eigenvalue weighted by molar-refractivity contribution is 8.00. The zero-order valence-electron chi connectivity index (χ0n) is 15.1. The summed E-state index contributed by atoms with van der Waals surface area (Å²) in [6.45, 7) is 4.41. The number of fused-ring (bicyclic) bond motifs is 1. The van der Waals surface area contributed by atoms with E-state index in [0.29, 0.717) is 17.0 Å². The lowest BCUT2D eigenvalue weighted by atomic mass is 10.1. The average molecular weight is 391 g/mol. The second kappa shape index (κ2) is 8.31. The van der Waals surface area contributed by atoms with Crippen molar-refractivity contribution >= 4 is 29.5 Å². The molecular formula is C19H22N2O3S2. The van der Waals surface area contributed by atoms with Crippen LogP contribution in [0.3, 0.4) is 0 Å². The fraction of sp³-hybridized carbons (Fsp3) is 0.421. The highest BCUT2D eigenvalue weighted by atomic mass is 32.2. The standard InChI is InChI=1S/C19H22N2O3S2/c1-12-11-15-16(25-12)17(22)21(10-9-14-7-5-4-6-8-14)19(20-15)26-13(2)18(23)24-3/h4-8,12-13H,9-11H2,1-3H3/t12-,13+/m0/s1. The maximum absolute atomic E-state index is 13.0. The molecule has 0 unspecified atom stereocenters. The Kier molecular flexibility index (Phi) is 6.09. The molecule has 1 aromatic heterocycles. The molecule has 2 atom stereocenters. The van der Waals surface area contributed by atoms with Crippen LogP contribution in [0.1, 0.15) is 25.1 Å². The van der Waals surface area contributed by atoms with Crippen LogP contribution in [-0.2, 0) is 28.9 Å². The maximum atomic E-state index is 13.0. The highest BCUT2D eigenvalue weighted by Crippen LogP contribution is 2.34. The molecule has 138 valence electrons. The molecule has 0 aliphatic carbocycles. The molecule has 7 heteroatoms. The molecule has 0 amide bonds. The third-order valence-corrected chi connectivity index (χ3v) is 6.53. The summed E-state index contributed by atoms with van der Waals surface area (Å²) in [5.74, 6) is -0.318. The van der Waals surface area contributed by atoms with Gasteiger partial charge in [-0.2, -0.15) is 0 Å². The maximum Gasteiger partial charge on any atom is 0.318 e. The molecule has 2 heterocycles. The topological polar surface area (TPSA) is 61.2 Å². The van der Waals surface area contributed by atoms with Crippen molar-refractivity contribution in [1.82, 2.24) is 9.55 Å². The Morgan fingerprint density at radius 2 is 2.15 bits per heavy atom. The van der Waals surface area contributed by atoms with Crippen molar-refractivity contribution in [2.45, 2.75) is 53.8 Å². The molecule has 3 rings (SSSR count). The van der Waals surface area contributed by atoms with Crippen LogP contribution < -0.4 is 5.56 Å². The Bertz CT molecular complexity index is 852. The van der Waals surface area contributed by atoms with E-state index in [1.165, 1.54) is 18.9 Å². The van der Waals surface area contributed by atoms with E-state index in [-0.39, 0.29) is 11.5 Å². The van der Waals surface area contributed by atoms with Crippen LogP contribution in [0.2, 0.25) is 0 Å². The first kappa shape index (κ1) is 19.0. The summed E-state index contributed by atoms with van der Waals surface area (Å²) < 4.78 is 6.52. The SMILES string of the molecule is COC(=O)[C@@H](C)Sc1nc2c(c(=O)n1CCc1ccccc1)S[C@@H](C)C2. The van der Waals surface area contributed by atoms with E-state index in [0.717, 1.165) is 29.0 Å². The number of hydrogen-bond donors (Lipinski definition) is 0. The summed E-state index contributed by atoms with van der Waals surface area (Å²) in [6.07, 6.45) is 1.52. The Hall–Kier alpha value is -1.73. The highest BCUT2D eigenvalue weighted by Gasteiger charge is 2.27. The van der Waals surface area contributed by atoms with Gasteiger partial charge in [-0.1, -0.05) is 49.0 Å². The molecule has 0 radical (unpaired) electrons. The van der Waals surface area contributed by atoms with Gasteiger partial charge in [-0.25, -0.2) is 4.98 Å². The zero-order chi connectivity index (χ0) is 18.7. The van der Waals surface area contributed by atoms with Crippen LogP contribution >= 0.6 is 23.5 Å². The Morgan fingerprint density at radius 3 is 2.85 bits per heavy atom. The first-order valence-electron chi connectivity index (χ1n) is 8.58. The summed E-state index contributed by atoms with van der Waals surface area (Å²) in [5.41, 5.74) is 2.01. The minimum absolute atomic E-state index is 0.000142. The third-order valence-electron chi connectivity index (χ3n) is 4.25. The van der Waals surface area contributed by atoms with Gasteiger partial charge in [-0.3, -0.25) is 14.2 Å². The second-order valence-electron chi connectivity index (χ2n) is 6.28. The molecule has 0 fully saturated rings. The van der Waals surface area contributed by atoms with Crippen molar-refractivity contribution in [3.05, 3.63) is 51.9 Å². The fourth-order valence-electron chi connectivity index (χ4n) is 2.88. The third kappa shape index (κ3) is 4.15. The van der Waals surface area contributed by atoms with Gasteiger partial charge in [0.05, 0.1) is 17.7 Å². The normalized spacial score (nSPS) is 17.0. The van der Waals surface area contributed by atoms with E-state index in [1.54, 1.807) is 23.3 Å². The smallest absolute Gasteiger partial charge is 0.318 e. The number of nitrogens with zero attached hydrogens (tertiary/aromatic N) is 2. The number of thioether (sulfide) groups is 2. The van der Waals surface area contributed by atoms with Crippen molar-refractivity contribution in [2.75, 3.05) is 7.11 Å². The average Bonchev–Trinajstić information content (AvgIpc) is 3.02. The van der Waals surface area contributed by atoms with Gasteiger partial charge in [0.15, 0.2) is 5.16 Å². The number of carbonyl (C=O) groups excluding carboxylic acids is 1. The summed E-state index contributed by atoms with van der Waals surface area (Å²) in [7, 11) is 1.37. The van der Waals surface area contributed by atoms with E-state index in [1.807, 2.05) is 30.3 Å². The molecule has 1 aliphatic rings. The molecule has 0 saturated carbocycles. The van der Waals surface area contributed by atoms with E-state index in [9.17, 15) is 9.59 Å². The van der Waals surface area contributed by atoms with Gasteiger partial charge < -0.3 is 4.74 Å². The van der Waals surface area contributed by atoms with Crippen molar-refractivity contribution in [1.29, 1.82) is 0 Å². The monoisotopic (exact) mass is 390 g/mol.